The van der Waals surface area contributed by atoms with Gasteiger partial charge in [-0.15, -0.1) is 11.3 Å². The highest BCUT2D eigenvalue weighted by Gasteiger charge is 2.16. The zero-order chi connectivity index (χ0) is 16.2. The molecular formula is C17H11NO4S. The van der Waals surface area contributed by atoms with E-state index < -0.39 is 4.92 Å². The Hall–Kier alpha value is -2.99. The van der Waals surface area contributed by atoms with Gasteiger partial charge in [0.25, 0.3) is 5.69 Å². The van der Waals surface area contributed by atoms with Crippen molar-refractivity contribution in [1.29, 1.82) is 0 Å². The van der Waals surface area contributed by atoms with Crippen LogP contribution in [0.15, 0.2) is 64.4 Å². The van der Waals surface area contributed by atoms with E-state index in [4.69, 9.17) is 4.42 Å². The van der Waals surface area contributed by atoms with E-state index >= 15 is 0 Å². The summed E-state index contributed by atoms with van der Waals surface area (Å²) in [6.45, 7) is 0. The van der Waals surface area contributed by atoms with E-state index in [2.05, 4.69) is 0 Å². The van der Waals surface area contributed by atoms with Crippen LogP contribution in [0.3, 0.4) is 0 Å². The second kappa shape index (κ2) is 6.41. The number of nitro groups is 1. The monoisotopic (exact) mass is 325 g/mol. The van der Waals surface area contributed by atoms with Gasteiger partial charge in [0.2, 0.25) is 0 Å². The number of rotatable bonds is 5. The zero-order valence-corrected chi connectivity index (χ0v) is 12.7. The van der Waals surface area contributed by atoms with Gasteiger partial charge in [0.05, 0.1) is 15.4 Å². The molecule has 0 aliphatic carbocycles. The Kier molecular flexibility index (Phi) is 4.16. The minimum absolute atomic E-state index is 0.0213. The quantitative estimate of drug-likeness (QED) is 0.292. The summed E-state index contributed by atoms with van der Waals surface area (Å²) >= 11 is 1.37. The van der Waals surface area contributed by atoms with Gasteiger partial charge >= 0.3 is 0 Å². The molecule has 114 valence electrons. The Morgan fingerprint density at radius 3 is 2.70 bits per heavy atom. The molecule has 2 heterocycles. The lowest BCUT2D eigenvalue weighted by Gasteiger charge is -1.98. The number of ketones is 1. The average Bonchev–Trinajstić information content (AvgIpc) is 3.24. The van der Waals surface area contributed by atoms with Crippen molar-refractivity contribution in [1.82, 2.24) is 0 Å². The number of allylic oxidation sites excluding steroid dienone is 1. The average molecular weight is 325 g/mol. The molecule has 0 aliphatic rings. The molecule has 0 aliphatic heterocycles. The van der Waals surface area contributed by atoms with Crippen LogP contribution in [0.4, 0.5) is 5.69 Å². The van der Waals surface area contributed by atoms with Crippen LogP contribution in [-0.4, -0.2) is 10.7 Å². The van der Waals surface area contributed by atoms with E-state index in [9.17, 15) is 14.9 Å². The van der Waals surface area contributed by atoms with Gasteiger partial charge in [0.15, 0.2) is 5.78 Å². The van der Waals surface area contributed by atoms with Crippen molar-refractivity contribution in [3.8, 4) is 11.3 Å². The van der Waals surface area contributed by atoms with Crippen molar-refractivity contribution in [3.63, 3.8) is 0 Å². The van der Waals surface area contributed by atoms with E-state index in [1.165, 1.54) is 23.5 Å². The topological polar surface area (TPSA) is 73.3 Å². The molecule has 5 nitrogen and oxygen atoms in total. The molecule has 0 saturated carbocycles. The number of carbonyl (C=O) groups is 1. The summed E-state index contributed by atoms with van der Waals surface area (Å²) < 4.78 is 5.59. The number of nitrogens with zero attached hydrogens (tertiary/aromatic N) is 1. The molecule has 23 heavy (non-hydrogen) atoms. The Morgan fingerprint density at radius 1 is 1.13 bits per heavy atom. The molecule has 2 aromatic heterocycles. The fourth-order valence-electron chi connectivity index (χ4n) is 2.09. The Morgan fingerprint density at radius 2 is 1.96 bits per heavy atom. The van der Waals surface area contributed by atoms with Crippen LogP contribution in [-0.2, 0) is 0 Å². The van der Waals surface area contributed by atoms with Crippen LogP contribution in [0, 0.1) is 10.1 Å². The maximum atomic E-state index is 11.9. The number of nitro benzene ring substituents is 1. The molecule has 0 bridgehead atoms. The second-order valence-corrected chi connectivity index (χ2v) is 5.60. The lowest BCUT2D eigenvalue weighted by Crippen LogP contribution is -1.90. The summed E-state index contributed by atoms with van der Waals surface area (Å²) in [4.78, 5) is 23.1. The van der Waals surface area contributed by atoms with Crippen LogP contribution in [0.25, 0.3) is 17.4 Å². The summed E-state index contributed by atoms with van der Waals surface area (Å²) in [5.74, 6) is 0.743. The third-order valence-electron chi connectivity index (χ3n) is 3.16. The van der Waals surface area contributed by atoms with Gasteiger partial charge in [-0.2, -0.15) is 0 Å². The van der Waals surface area contributed by atoms with Crippen molar-refractivity contribution in [3.05, 3.63) is 80.7 Å². The van der Waals surface area contributed by atoms with Gasteiger partial charge in [-0.3, -0.25) is 14.9 Å². The first kappa shape index (κ1) is 14.9. The van der Waals surface area contributed by atoms with Gasteiger partial charge in [-0.1, -0.05) is 18.2 Å². The van der Waals surface area contributed by atoms with Gasteiger partial charge in [-0.25, -0.2) is 0 Å². The number of para-hydroxylation sites is 1. The maximum Gasteiger partial charge on any atom is 0.280 e. The fourth-order valence-corrected chi connectivity index (χ4v) is 2.73. The number of hydrogen-bond acceptors (Lipinski definition) is 5. The Labute approximate surface area is 135 Å². The molecule has 0 amide bonds. The Bertz CT molecular complexity index is 878. The molecule has 0 saturated heterocycles. The summed E-state index contributed by atoms with van der Waals surface area (Å²) in [7, 11) is 0. The first-order valence-electron chi connectivity index (χ1n) is 6.75. The molecule has 6 heteroatoms. The largest absolute Gasteiger partial charge is 0.456 e. The summed E-state index contributed by atoms with van der Waals surface area (Å²) in [6, 6.07) is 13.2. The third kappa shape index (κ3) is 3.27. The molecule has 0 N–H and O–H groups in total. The third-order valence-corrected chi connectivity index (χ3v) is 4.04. The standard InChI is InChI=1S/C17H11NO4S/c19-15(17-6-3-11-23-17)9-7-12-8-10-16(22-12)13-4-1-2-5-14(13)18(20)21/h1-11H/b9-7+. The molecule has 0 unspecified atom stereocenters. The highest BCUT2D eigenvalue weighted by atomic mass is 32.1. The predicted molar refractivity (Wildman–Crippen MR) is 88.5 cm³/mol. The highest BCUT2D eigenvalue weighted by Crippen LogP contribution is 2.31. The van der Waals surface area contributed by atoms with Crippen LogP contribution in [0.5, 0.6) is 0 Å². The van der Waals surface area contributed by atoms with Gasteiger partial charge in [0.1, 0.15) is 11.5 Å². The number of benzene rings is 1. The smallest absolute Gasteiger partial charge is 0.280 e. The van der Waals surface area contributed by atoms with E-state index in [1.807, 2.05) is 11.4 Å². The molecular weight excluding hydrogens is 314 g/mol. The Balaban J connectivity index is 1.84. The number of carbonyl (C=O) groups excluding carboxylic acids is 1. The van der Waals surface area contributed by atoms with Crippen molar-refractivity contribution < 1.29 is 14.1 Å². The van der Waals surface area contributed by atoms with Crippen LogP contribution < -0.4 is 0 Å². The van der Waals surface area contributed by atoms with E-state index in [0.29, 0.717) is 22.0 Å². The van der Waals surface area contributed by atoms with Crippen LogP contribution in [0.1, 0.15) is 15.4 Å². The molecule has 1 aromatic carbocycles. The predicted octanol–water partition coefficient (Wildman–Crippen LogP) is 4.81. The molecule has 0 radical (unpaired) electrons. The van der Waals surface area contributed by atoms with Gasteiger partial charge < -0.3 is 4.42 Å². The minimum atomic E-state index is -0.451. The SMILES string of the molecule is O=C(/C=C/c1ccc(-c2ccccc2[N+](=O)[O-])o1)c1cccs1. The minimum Gasteiger partial charge on any atom is -0.456 e. The first-order chi connectivity index (χ1) is 11.1. The van der Waals surface area contributed by atoms with Gasteiger partial charge in [-0.05, 0) is 41.8 Å². The highest BCUT2D eigenvalue weighted by molar-refractivity contribution is 7.12. The summed E-state index contributed by atoms with van der Waals surface area (Å²) in [5.41, 5.74) is 0.383. The number of furan rings is 1. The van der Waals surface area contributed by atoms with E-state index in [0.717, 1.165) is 0 Å². The molecule has 3 aromatic rings. The molecule has 0 fully saturated rings. The molecule has 3 rings (SSSR count). The summed E-state index contributed by atoms with van der Waals surface area (Å²) in [6.07, 6.45) is 2.98. The van der Waals surface area contributed by atoms with Crippen molar-refractivity contribution in [2.24, 2.45) is 0 Å². The molecule has 0 spiro atoms. The maximum absolute atomic E-state index is 11.9. The number of hydrogen-bond donors (Lipinski definition) is 0. The zero-order valence-electron chi connectivity index (χ0n) is 11.8. The van der Waals surface area contributed by atoms with Crippen LogP contribution >= 0.6 is 11.3 Å². The van der Waals surface area contributed by atoms with Gasteiger partial charge in [0, 0.05) is 6.07 Å². The first-order valence-corrected chi connectivity index (χ1v) is 7.62. The lowest BCUT2D eigenvalue weighted by molar-refractivity contribution is -0.384. The van der Waals surface area contributed by atoms with Crippen molar-refractivity contribution >= 4 is 28.9 Å². The lowest BCUT2D eigenvalue weighted by atomic mass is 10.1. The number of thiophene rings is 1. The summed E-state index contributed by atoms with van der Waals surface area (Å²) in [5, 5.41) is 12.9. The molecule has 0 atom stereocenters. The fraction of sp³-hybridized carbons (Fsp3) is 0. The van der Waals surface area contributed by atoms with E-state index in [1.54, 1.807) is 42.5 Å². The van der Waals surface area contributed by atoms with Crippen molar-refractivity contribution in [2.75, 3.05) is 0 Å². The normalized spacial score (nSPS) is 11.0. The second-order valence-electron chi connectivity index (χ2n) is 4.65. The van der Waals surface area contributed by atoms with Crippen LogP contribution in [0.2, 0.25) is 0 Å². The van der Waals surface area contributed by atoms with E-state index in [-0.39, 0.29) is 11.5 Å². The van der Waals surface area contributed by atoms with Crippen molar-refractivity contribution in [2.45, 2.75) is 0 Å².